The predicted molar refractivity (Wildman–Crippen MR) is 158 cm³/mol. The van der Waals surface area contributed by atoms with Gasteiger partial charge in [0.1, 0.15) is 17.2 Å². The van der Waals surface area contributed by atoms with E-state index in [-0.39, 0.29) is 12.1 Å². The van der Waals surface area contributed by atoms with Gasteiger partial charge in [0.25, 0.3) is 5.56 Å². The summed E-state index contributed by atoms with van der Waals surface area (Å²) in [7, 11) is 0. The van der Waals surface area contributed by atoms with Gasteiger partial charge in [0.05, 0.1) is 29.2 Å². The summed E-state index contributed by atoms with van der Waals surface area (Å²) < 4.78 is 13.0. The third kappa shape index (κ3) is 7.47. The molecule has 7 nitrogen and oxygen atoms in total. The van der Waals surface area contributed by atoms with Gasteiger partial charge in [0.2, 0.25) is 0 Å². The minimum Gasteiger partial charge on any atom is -0.494 e. The number of fused-ring (bicyclic) bond motifs is 1. The molecule has 1 atom stereocenters. The first-order chi connectivity index (χ1) is 18.6. The minimum atomic E-state index is -0.697. The average molecular weight is 530 g/mol. The van der Waals surface area contributed by atoms with Crippen LogP contribution in [0.3, 0.4) is 0 Å². The van der Waals surface area contributed by atoms with Gasteiger partial charge < -0.3 is 9.47 Å². The van der Waals surface area contributed by atoms with Gasteiger partial charge in [-0.2, -0.15) is 0 Å². The fourth-order valence-electron chi connectivity index (χ4n) is 4.08. The minimum absolute atomic E-state index is 0.213. The van der Waals surface area contributed by atoms with Crippen molar-refractivity contribution in [2.75, 3.05) is 13.2 Å². The van der Waals surface area contributed by atoms with E-state index in [2.05, 4.69) is 0 Å². The van der Waals surface area contributed by atoms with Crippen molar-refractivity contribution in [1.29, 1.82) is 0 Å². The molecular formula is C32H39N3O4. The lowest BCUT2D eigenvalue weighted by molar-refractivity contribution is 0.0187. The summed E-state index contributed by atoms with van der Waals surface area (Å²) in [6, 6.07) is 13.9. The molecule has 0 radical (unpaired) electrons. The Balaban J connectivity index is 2.20. The Morgan fingerprint density at radius 2 is 1.77 bits per heavy atom. The highest BCUT2D eigenvalue weighted by Crippen LogP contribution is 2.26. The third-order valence-corrected chi connectivity index (χ3v) is 6.01. The fourth-order valence-corrected chi connectivity index (χ4v) is 4.08. The molecule has 0 aliphatic heterocycles. The lowest BCUT2D eigenvalue weighted by Gasteiger charge is -2.32. The molecule has 0 saturated carbocycles. The molecular weight excluding hydrogens is 490 g/mol. The van der Waals surface area contributed by atoms with Crippen molar-refractivity contribution in [2.24, 2.45) is 0 Å². The summed E-state index contributed by atoms with van der Waals surface area (Å²) in [4.78, 5) is 34.0. The van der Waals surface area contributed by atoms with E-state index in [0.29, 0.717) is 34.8 Å². The number of para-hydroxylation sites is 1. The fraction of sp³-hybridized carbons (Fsp3) is 0.344. The Morgan fingerprint density at radius 1 is 1.08 bits per heavy atom. The lowest BCUT2D eigenvalue weighted by Crippen LogP contribution is -2.41. The Labute approximate surface area is 231 Å². The molecule has 7 heteroatoms. The van der Waals surface area contributed by atoms with E-state index in [0.717, 1.165) is 5.57 Å². The van der Waals surface area contributed by atoms with Gasteiger partial charge in [0, 0.05) is 6.54 Å². The van der Waals surface area contributed by atoms with E-state index in [1.54, 1.807) is 15.5 Å². The van der Waals surface area contributed by atoms with Gasteiger partial charge in [0.15, 0.2) is 0 Å². The Bertz CT molecular complexity index is 1430. The van der Waals surface area contributed by atoms with Crippen LogP contribution in [0, 0.1) is 0 Å². The second-order valence-electron chi connectivity index (χ2n) is 10.1. The number of nitrogens with zero attached hydrogens (tertiary/aromatic N) is 3. The van der Waals surface area contributed by atoms with E-state index in [4.69, 9.17) is 14.5 Å². The summed E-state index contributed by atoms with van der Waals surface area (Å²) in [5.41, 5.74) is 1.20. The van der Waals surface area contributed by atoms with Crippen LogP contribution < -0.4 is 10.3 Å². The van der Waals surface area contributed by atoms with E-state index >= 15 is 0 Å². The number of allylic oxidation sites excluding steroid dienone is 4. The van der Waals surface area contributed by atoms with E-state index < -0.39 is 17.7 Å². The topological polar surface area (TPSA) is 73.7 Å². The van der Waals surface area contributed by atoms with Gasteiger partial charge in [-0.25, -0.2) is 9.78 Å². The monoisotopic (exact) mass is 529 g/mol. The van der Waals surface area contributed by atoms with Gasteiger partial charge in [-0.15, -0.1) is 0 Å². The van der Waals surface area contributed by atoms with Crippen LogP contribution in [0.2, 0.25) is 0 Å². The first-order valence-corrected chi connectivity index (χ1v) is 13.3. The molecule has 1 unspecified atom stereocenters. The predicted octanol–water partition coefficient (Wildman–Crippen LogP) is 7.16. The number of ether oxygens (including phenoxy) is 2. The van der Waals surface area contributed by atoms with Crippen LogP contribution in [-0.2, 0) is 4.74 Å². The number of carbonyl (C=O) groups excluding carboxylic acids is 1. The number of amides is 1. The van der Waals surface area contributed by atoms with Crippen LogP contribution in [0.15, 0.2) is 89.3 Å². The molecule has 1 aromatic heterocycles. The summed E-state index contributed by atoms with van der Waals surface area (Å²) >= 11 is 0. The maximum Gasteiger partial charge on any atom is 0.411 e. The molecule has 1 amide bonds. The molecule has 0 bridgehead atoms. The first-order valence-electron chi connectivity index (χ1n) is 13.3. The molecule has 0 fully saturated rings. The molecule has 0 aliphatic carbocycles. The van der Waals surface area contributed by atoms with E-state index in [1.165, 1.54) is 0 Å². The second-order valence-corrected chi connectivity index (χ2v) is 10.1. The molecule has 2 aromatic carbocycles. The van der Waals surface area contributed by atoms with Crippen molar-refractivity contribution < 1.29 is 14.3 Å². The molecule has 3 aromatic rings. The molecule has 0 aliphatic rings. The van der Waals surface area contributed by atoms with Crippen molar-refractivity contribution in [2.45, 2.75) is 60.1 Å². The van der Waals surface area contributed by atoms with Crippen molar-refractivity contribution in [3.63, 3.8) is 0 Å². The van der Waals surface area contributed by atoms with Crippen LogP contribution in [-0.4, -0.2) is 39.3 Å². The van der Waals surface area contributed by atoms with Crippen LogP contribution in [0.5, 0.6) is 5.75 Å². The molecule has 0 saturated heterocycles. The zero-order valence-corrected chi connectivity index (χ0v) is 24.0. The number of rotatable bonds is 9. The molecule has 39 heavy (non-hydrogen) atoms. The first kappa shape index (κ1) is 29.4. The highest BCUT2D eigenvalue weighted by molar-refractivity contribution is 5.78. The molecule has 0 spiro atoms. The highest BCUT2D eigenvalue weighted by atomic mass is 16.6. The third-order valence-electron chi connectivity index (χ3n) is 6.01. The highest BCUT2D eigenvalue weighted by Gasteiger charge is 2.30. The van der Waals surface area contributed by atoms with Gasteiger partial charge >= 0.3 is 6.09 Å². The maximum absolute atomic E-state index is 13.9. The Kier molecular flexibility index (Phi) is 9.88. The number of aromatic nitrogens is 2. The second kappa shape index (κ2) is 13.1. The van der Waals surface area contributed by atoms with Gasteiger partial charge in [-0.3, -0.25) is 14.3 Å². The number of hydrogen-bond donors (Lipinski definition) is 0. The Hall–Kier alpha value is -4.13. The summed E-state index contributed by atoms with van der Waals surface area (Å²) in [6.45, 7) is 14.0. The van der Waals surface area contributed by atoms with E-state index in [9.17, 15) is 9.59 Å². The van der Waals surface area contributed by atoms with Gasteiger partial charge in [-0.05, 0) is 90.4 Å². The summed E-state index contributed by atoms with van der Waals surface area (Å²) in [5.74, 6) is 1.14. The lowest BCUT2D eigenvalue weighted by atomic mass is 10.1. The number of benzene rings is 2. The number of hydrogen-bond acceptors (Lipinski definition) is 5. The van der Waals surface area contributed by atoms with Crippen molar-refractivity contribution in [3.05, 3.63) is 101 Å². The van der Waals surface area contributed by atoms with Crippen LogP contribution >= 0.6 is 0 Å². The molecule has 3 rings (SSSR count). The Morgan fingerprint density at radius 3 is 2.38 bits per heavy atom. The zero-order valence-electron chi connectivity index (χ0n) is 24.0. The van der Waals surface area contributed by atoms with Crippen molar-refractivity contribution in [3.8, 4) is 11.4 Å². The van der Waals surface area contributed by atoms with Crippen molar-refractivity contribution >= 4 is 17.0 Å². The molecule has 206 valence electrons. The van der Waals surface area contributed by atoms with Crippen molar-refractivity contribution in [1.82, 2.24) is 14.5 Å². The smallest absolute Gasteiger partial charge is 0.411 e. The van der Waals surface area contributed by atoms with Gasteiger partial charge in [-0.1, -0.05) is 42.5 Å². The van der Waals surface area contributed by atoms with Crippen LogP contribution in [0.1, 0.15) is 60.3 Å². The standard InChI is InChI=1S/C32H39N3O4/c1-8-11-12-15-24(9-2)22-34(31(37)39-32(5,6)7)23(4)29-33-28-17-14-13-16-27(28)30(36)35(29)25-18-20-26(21-19-25)38-10-3/h8-9,11-21,23H,10,22H2,1-7H3/b11-8-,15-12-,24-9+. The van der Waals surface area contributed by atoms with Crippen LogP contribution in [0.25, 0.3) is 16.6 Å². The summed E-state index contributed by atoms with van der Waals surface area (Å²) in [5, 5.41) is 0.495. The van der Waals surface area contributed by atoms with E-state index in [1.807, 2.05) is 121 Å². The maximum atomic E-state index is 13.9. The average Bonchev–Trinajstić information content (AvgIpc) is 2.90. The number of carbonyl (C=O) groups is 1. The summed E-state index contributed by atoms with van der Waals surface area (Å²) in [6.07, 6.45) is 9.22. The normalized spacial score (nSPS) is 13.3. The zero-order chi connectivity index (χ0) is 28.6. The molecule has 0 N–H and O–H groups in total. The SMILES string of the molecule is C\C=C/C=C\C(=C/C)CN(C(=O)OC(C)(C)C)C(C)c1nc2ccccc2c(=O)n1-c1ccc(OCC)cc1. The van der Waals surface area contributed by atoms with Crippen LogP contribution in [0.4, 0.5) is 4.79 Å². The molecule has 1 heterocycles. The largest absolute Gasteiger partial charge is 0.494 e. The quantitative estimate of drug-likeness (QED) is 0.275.